The van der Waals surface area contributed by atoms with Gasteiger partial charge in [-0.25, -0.2) is 0 Å². The number of aromatic nitrogens is 1. The molecule has 1 aromatic heterocycles. The molecule has 0 spiro atoms. The van der Waals surface area contributed by atoms with Crippen molar-refractivity contribution in [2.45, 2.75) is 0 Å². The fourth-order valence-electron chi connectivity index (χ4n) is 0.724. The van der Waals surface area contributed by atoms with Crippen molar-refractivity contribution in [1.29, 1.82) is 0 Å². The molecule has 0 saturated carbocycles. The monoisotopic (exact) mass is 186 g/mol. The van der Waals surface area contributed by atoms with E-state index < -0.39 is 5.91 Å². The molecule has 0 atom stereocenters. The highest BCUT2D eigenvalue weighted by Crippen LogP contribution is 2.15. The molecule has 0 unspecified atom stereocenters. The normalized spacial score (nSPS) is 9.42. The molecule has 1 amide bonds. The minimum absolute atomic E-state index is 0.0492. The van der Waals surface area contributed by atoms with Gasteiger partial charge >= 0.3 is 5.91 Å². The number of carbonyl (C=O) groups excluding carboxylic acids is 1. The van der Waals surface area contributed by atoms with Crippen molar-refractivity contribution in [3.63, 3.8) is 0 Å². The molecule has 0 aromatic carbocycles. The van der Waals surface area contributed by atoms with Crippen molar-refractivity contribution in [2.75, 3.05) is 0 Å². The van der Waals surface area contributed by atoms with Crippen LogP contribution in [0.25, 0.3) is 0 Å². The molecule has 0 fully saturated rings. The second-order valence-corrected chi connectivity index (χ2v) is 2.43. The average Bonchev–Trinajstić information content (AvgIpc) is 2.04. The van der Waals surface area contributed by atoms with E-state index in [1.54, 1.807) is 0 Å². The lowest BCUT2D eigenvalue weighted by Crippen LogP contribution is -2.23. The fraction of sp³-hybridized carbons (Fsp3) is 0. The Morgan fingerprint density at radius 2 is 2.25 bits per heavy atom. The first kappa shape index (κ1) is 8.61. The number of carbonyl (C=O) groups is 1. The predicted molar refractivity (Wildman–Crippen MR) is 42.0 cm³/mol. The van der Waals surface area contributed by atoms with Crippen molar-refractivity contribution in [2.24, 2.45) is 10.9 Å². The van der Waals surface area contributed by atoms with E-state index >= 15 is 0 Å². The average molecular weight is 187 g/mol. The summed E-state index contributed by atoms with van der Waals surface area (Å²) in [6.07, 6.45) is 0. The standard InChI is InChI=1S/C6H4ClN3O2/c7-4-2-1-3(10-12)5(9-4)6(8)11/h1-2H,(H2,8,11)/p+1. The molecule has 6 heteroatoms. The first-order chi connectivity index (χ1) is 5.65. The Labute approximate surface area is 72.5 Å². The summed E-state index contributed by atoms with van der Waals surface area (Å²) in [4.78, 5) is 23.2. The number of aromatic amines is 1. The van der Waals surface area contributed by atoms with Crippen LogP contribution in [0.15, 0.2) is 17.3 Å². The van der Waals surface area contributed by atoms with Gasteiger partial charge in [0.25, 0.3) is 10.8 Å². The number of hydrogen-bond acceptors (Lipinski definition) is 3. The van der Waals surface area contributed by atoms with E-state index in [-0.39, 0.29) is 16.5 Å². The lowest BCUT2D eigenvalue weighted by Gasteiger charge is -1.90. The SMILES string of the molecule is NC(=O)c1[nH+]c(Cl)ccc1N=O. The molecule has 62 valence electrons. The van der Waals surface area contributed by atoms with Gasteiger partial charge in [-0.05, 0) is 22.8 Å². The molecule has 0 saturated heterocycles. The van der Waals surface area contributed by atoms with Crippen molar-refractivity contribution in [3.05, 3.63) is 27.9 Å². The van der Waals surface area contributed by atoms with Gasteiger partial charge in [-0.3, -0.25) is 4.79 Å². The Hall–Kier alpha value is -1.49. The highest BCUT2D eigenvalue weighted by atomic mass is 35.5. The summed E-state index contributed by atoms with van der Waals surface area (Å²) < 4.78 is 0. The maximum absolute atomic E-state index is 10.7. The second kappa shape index (κ2) is 3.27. The van der Waals surface area contributed by atoms with E-state index in [4.69, 9.17) is 17.3 Å². The summed E-state index contributed by atoms with van der Waals surface area (Å²) in [6, 6.07) is 2.72. The third kappa shape index (κ3) is 1.57. The van der Waals surface area contributed by atoms with Gasteiger partial charge in [0, 0.05) is 6.07 Å². The molecule has 0 radical (unpaired) electrons. The summed E-state index contributed by atoms with van der Waals surface area (Å²) in [7, 11) is 0. The van der Waals surface area contributed by atoms with Crippen LogP contribution in [-0.4, -0.2) is 5.91 Å². The van der Waals surface area contributed by atoms with E-state index in [0.717, 1.165) is 0 Å². The number of halogens is 1. The number of amides is 1. The van der Waals surface area contributed by atoms with Gasteiger partial charge in [-0.2, -0.15) is 4.98 Å². The Kier molecular flexibility index (Phi) is 2.35. The Morgan fingerprint density at radius 3 is 2.75 bits per heavy atom. The zero-order valence-electron chi connectivity index (χ0n) is 5.87. The summed E-state index contributed by atoms with van der Waals surface area (Å²) in [5, 5.41) is 2.81. The van der Waals surface area contributed by atoms with Crippen LogP contribution in [0.3, 0.4) is 0 Å². The molecule has 0 aliphatic heterocycles. The van der Waals surface area contributed by atoms with Crippen molar-refractivity contribution >= 4 is 23.2 Å². The van der Waals surface area contributed by atoms with Gasteiger partial charge < -0.3 is 5.73 Å². The summed E-state index contributed by atoms with van der Waals surface area (Å²) >= 11 is 5.51. The highest BCUT2D eigenvalue weighted by molar-refractivity contribution is 6.28. The lowest BCUT2D eigenvalue weighted by molar-refractivity contribution is -0.378. The smallest absolute Gasteiger partial charge is 0.316 e. The number of pyridine rings is 1. The van der Waals surface area contributed by atoms with Crippen LogP contribution in [0.1, 0.15) is 10.5 Å². The van der Waals surface area contributed by atoms with Gasteiger partial charge in [0.15, 0.2) is 5.69 Å². The van der Waals surface area contributed by atoms with Crippen molar-refractivity contribution in [1.82, 2.24) is 0 Å². The molecule has 12 heavy (non-hydrogen) atoms. The zero-order valence-corrected chi connectivity index (χ0v) is 6.63. The number of rotatable bonds is 2. The number of nitrogens with one attached hydrogen (secondary N) is 1. The Bertz CT molecular complexity index is 340. The van der Waals surface area contributed by atoms with Gasteiger partial charge in [0.05, 0.1) is 0 Å². The second-order valence-electron chi connectivity index (χ2n) is 2.02. The number of primary amides is 1. The third-order valence-corrected chi connectivity index (χ3v) is 1.45. The van der Waals surface area contributed by atoms with E-state index in [1.165, 1.54) is 12.1 Å². The fourth-order valence-corrected chi connectivity index (χ4v) is 0.882. The summed E-state index contributed by atoms with van der Waals surface area (Å²) in [6.45, 7) is 0. The molecule has 1 heterocycles. The van der Waals surface area contributed by atoms with Crippen LogP contribution in [-0.2, 0) is 0 Å². The minimum atomic E-state index is -0.771. The first-order valence-corrected chi connectivity index (χ1v) is 3.38. The molecule has 5 nitrogen and oxygen atoms in total. The van der Waals surface area contributed by atoms with E-state index in [9.17, 15) is 9.70 Å². The van der Waals surface area contributed by atoms with E-state index in [0.29, 0.717) is 0 Å². The van der Waals surface area contributed by atoms with Gasteiger partial charge in [-0.15, -0.1) is 4.91 Å². The van der Waals surface area contributed by atoms with Crippen LogP contribution in [0, 0.1) is 4.91 Å². The molecule has 3 N–H and O–H groups in total. The Morgan fingerprint density at radius 1 is 1.58 bits per heavy atom. The predicted octanol–water partition coefficient (Wildman–Crippen LogP) is 0.651. The number of nitrogens with zero attached hydrogens (tertiary/aromatic N) is 1. The summed E-state index contributed by atoms with van der Waals surface area (Å²) in [5.74, 6) is -0.771. The molecule has 0 aliphatic rings. The van der Waals surface area contributed by atoms with Gasteiger partial charge in [-0.1, -0.05) is 0 Å². The van der Waals surface area contributed by atoms with E-state index in [1.807, 2.05) is 0 Å². The van der Waals surface area contributed by atoms with Crippen LogP contribution in [0.4, 0.5) is 5.69 Å². The van der Waals surface area contributed by atoms with Gasteiger partial charge in [0.1, 0.15) is 0 Å². The quantitative estimate of drug-likeness (QED) is 0.543. The van der Waals surface area contributed by atoms with Crippen LogP contribution >= 0.6 is 11.6 Å². The van der Waals surface area contributed by atoms with Gasteiger partial charge in [0.2, 0.25) is 0 Å². The first-order valence-electron chi connectivity index (χ1n) is 3.00. The van der Waals surface area contributed by atoms with Crippen molar-refractivity contribution in [3.8, 4) is 0 Å². The third-order valence-electron chi connectivity index (χ3n) is 1.23. The maximum atomic E-state index is 10.7. The Balaban J connectivity index is 3.30. The molecular weight excluding hydrogens is 182 g/mol. The van der Waals surface area contributed by atoms with Crippen LogP contribution in [0.2, 0.25) is 5.15 Å². The highest BCUT2D eigenvalue weighted by Gasteiger charge is 2.17. The topological polar surface area (TPSA) is 86.7 Å². The lowest BCUT2D eigenvalue weighted by atomic mass is 10.3. The zero-order chi connectivity index (χ0) is 9.14. The van der Waals surface area contributed by atoms with Crippen LogP contribution in [0.5, 0.6) is 0 Å². The van der Waals surface area contributed by atoms with Crippen molar-refractivity contribution < 1.29 is 9.78 Å². The molecular formula is C6H5ClN3O2+. The maximum Gasteiger partial charge on any atom is 0.316 e. The molecule has 0 aliphatic carbocycles. The number of nitrogens with two attached hydrogens (primary N) is 1. The van der Waals surface area contributed by atoms with E-state index in [2.05, 4.69) is 10.2 Å². The number of H-pyrrole nitrogens is 1. The molecule has 0 bridgehead atoms. The summed E-state index contributed by atoms with van der Waals surface area (Å²) in [5.41, 5.74) is 4.80. The van der Waals surface area contributed by atoms with Crippen LogP contribution < -0.4 is 10.7 Å². The molecule has 1 rings (SSSR count). The number of hydrogen-bond donors (Lipinski definition) is 1. The minimum Gasteiger partial charge on any atom is -0.360 e. The largest absolute Gasteiger partial charge is 0.360 e. The number of nitroso groups, excluding NO2 is 1. The molecule has 1 aromatic rings.